The van der Waals surface area contributed by atoms with E-state index in [1.54, 1.807) is 18.6 Å². The Balaban J connectivity index is 2.57. The molecular formula is C9H7BrN4. The van der Waals surface area contributed by atoms with Gasteiger partial charge >= 0.3 is 0 Å². The number of nitrogens with zero attached hydrogens (tertiary/aromatic N) is 3. The van der Waals surface area contributed by atoms with Crippen LogP contribution in [-0.4, -0.2) is 15.0 Å². The zero-order valence-electron chi connectivity index (χ0n) is 7.18. The van der Waals surface area contributed by atoms with Gasteiger partial charge in [0.15, 0.2) is 0 Å². The lowest BCUT2D eigenvalue weighted by Crippen LogP contribution is -1.97. The lowest BCUT2D eigenvalue weighted by atomic mass is 10.2. The summed E-state index contributed by atoms with van der Waals surface area (Å²) >= 11 is 3.24. The Morgan fingerprint density at radius 2 is 2.14 bits per heavy atom. The predicted molar refractivity (Wildman–Crippen MR) is 57.4 cm³/mol. The summed E-state index contributed by atoms with van der Waals surface area (Å²) in [6.45, 7) is 0. The van der Waals surface area contributed by atoms with Crippen LogP contribution >= 0.6 is 15.9 Å². The number of anilines is 1. The van der Waals surface area contributed by atoms with Crippen molar-refractivity contribution < 1.29 is 0 Å². The maximum Gasteiger partial charge on any atom is 0.150 e. The van der Waals surface area contributed by atoms with Crippen LogP contribution in [0.3, 0.4) is 0 Å². The molecule has 4 nitrogen and oxygen atoms in total. The molecule has 2 aromatic heterocycles. The van der Waals surface area contributed by atoms with E-state index in [-0.39, 0.29) is 0 Å². The maximum atomic E-state index is 5.70. The Kier molecular flexibility index (Phi) is 2.41. The third kappa shape index (κ3) is 1.72. The molecule has 0 radical (unpaired) electrons. The summed E-state index contributed by atoms with van der Waals surface area (Å²) in [4.78, 5) is 12.2. The minimum Gasteiger partial charge on any atom is -0.382 e. The molecule has 0 aliphatic carbocycles. The fourth-order valence-electron chi connectivity index (χ4n) is 1.09. The lowest BCUT2D eigenvalue weighted by Gasteiger charge is -2.02. The maximum absolute atomic E-state index is 5.70. The predicted octanol–water partition coefficient (Wildman–Crippen LogP) is 1.88. The second-order valence-electron chi connectivity index (χ2n) is 2.67. The first-order chi connectivity index (χ1) is 6.77. The molecule has 0 saturated carbocycles. The number of nitrogens with two attached hydrogens (primary N) is 1. The Morgan fingerprint density at radius 1 is 1.29 bits per heavy atom. The molecule has 5 heteroatoms. The fraction of sp³-hybridized carbons (Fsp3) is 0. The molecule has 0 saturated heterocycles. The van der Waals surface area contributed by atoms with E-state index < -0.39 is 0 Å². The van der Waals surface area contributed by atoms with Crippen LogP contribution in [0.15, 0.2) is 35.3 Å². The van der Waals surface area contributed by atoms with Gasteiger partial charge in [0.25, 0.3) is 0 Å². The topological polar surface area (TPSA) is 64.7 Å². The number of hydrogen-bond acceptors (Lipinski definition) is 4. The van der Waals surface area contributed by atoms with Crippen LogP contribution < -0.4 is 5.73 Å². The van der Waals surface area contributed by atoms with Gasteiger partial charge in [-0.25, -0.2) is 9.97 Å². The second kappa shape index (κ2) is 3.71. The van der Waals surface area contributed by atoms with Crippen molar-refractivity contribution in [2.24, 2.45) is 0 Å². The molecule has 70 valence electrons. The summed E-state index contributed by atoms with van der Waals surface area (Å²) in [5, 5.41) is 0. The number of halogens is 1. The quantitative estimate of drug-likeness (QED) is 0.840. The van der Waals surface area contributed by atoms with Gasteiger partial charge < -0.3 is 5.73 Å². The molecule has 0 unspecified atom stereocenters. The molecule has 2 aromatic rings. The van der Waals surface area contributed by atoms with Gasteiger partial charge in [0, 0.05) is 18.0 Å². The Hall–Kier alpha value is -1.49. The van der Waals surface area contributed by atoms with Crippen molar-refractivity contribution in [3.05, 3.63) is 35.3 Å². The molecule has 0 bridgehead atoms. The van der Waals surface area contributed by atoms with Crippen LogP contribution in [-0.2, 0) is 0 Å². The van der Waals surface area contributed by atoms with E-state index in [9.17, 15) is 0 Å². The van der Waals surface area contributed by atoms with Crippen LogP contribution in [0, 0.1) is 0 Å². The fourth-order valence-corrected chi connectivity index (χ4v) is 1.37. The van der Waals surface area contributed by atoms with Crippen LogP contribution in [0.25, 0.3) is 11.3 Å². The van der Waals surface area contributed by atoms with Gasteiger partial charge in [-0.2, -0.15) is 0 Å². The summed E-state index contributed by atoms with van der Waals surface area (Å²) in [5.41, 5.74) is 7.21. The third-order valence-corrected chi connectivity index (χ3v) is 2.09. The zero-order chi connectivity index (χ0) is 9.97. The number of hydrogen-bond donors (Lipinski definition) is 1. The van der Waals surface area contributed by atoms with Gasteiger partial charge in [0.05, 0.1) is 6.20 Å². The van der Waals surface area contributed by atoms with E-state index in [0.29, 0.717) is 16.1 Å². The molecule has 0 fully saturated rings. The Labute approximate surface area is 89.4 Å². The number of nitrogen functional groups attached to an aromatic ring is 1. The molecule has 0 amide bonds. The van der Waals surface area contributed by atoms with E-state index >= 15 is 0 Å². The van der Waals surface area contributed by atoms with Gasteiger partial charge in [0.1, 0.15) is 16.1 Å². The second-order valence-corrected chi connectivity index (χ2v) is 3.48. The zero-order valence-corrected chi connectivity index (χ0v) is 8.77. The van der Waals surface area contributed by atoms with Gasteiger partial charge in [0.2, 0.25) is 0 Å². The van der Waals surface area contributed by atoms with Crippen molar-refractivity contribution >= 4 is 21.7 Å². The molecule has 2 N–H and O–H groups in total. The van der Waals surface area contributed by atoms with Crippen molar-refractivity contribution in [1.29, 1.82) is 0 Å². The molecule has 0 aliphatic heterocycles. The first-order valence-corrected chi connectivity index (χ1v) is 4.75. The smallest absolute Gasteiger partial charge is 0.150 e. The highest BCUT2D eigenvalue weighted by atomic mass is 79.9. The Bertz CT molecular complexity index is 444. The number of rotatable bonds is 1. The molecule has 2 rings (SSSR count). The number of pyridine rings is 1. The van der Waals surface area contributed by atoms with Crippen LogP contribution in [0.5, 0.6) is 0 Å². The highest BCUT2D eigenvalue weighted by molar-refractivity contribution is 9.10. The van der Waals surface area contributed by atoms with Gasteiger partial charge in [-0.05, 0) is 28.1 Å². The average molecular weight is 251 g/mol. The van der Waals surface area contributed by atoms with Gasteiger partial charge in [-0.15, -0.1) is 0 Å². The van der Waals surface area contributed by atoms with Crippen LogP contribution in [0.2, 0.25) is 0 Å². The minimum absolute atomic E-state index is 0.404. The molecule has 0 aliphatic rings. The molecule has 0 spiro atoms. The van der Waals surface area contributed by atoms with Crippen LogP contribution in [0.4, 0.5) is 5.82 Å². The molecule has 0 aromatic carbocycles. The van der Waals surface area contributed by atoms with Gasteiger partial charge in [-0.3, -0.25) is 4.98 Å². The summed E-state index contributed by atoms with van der Waals surface area (Å²) in [6.07, 6.45) is 4.97. The summed E-state index contributed by atoms with van der Waals surface area (Å²) in [6, 6.07) is 3.72. The standard InChI is InChI=1S/C9H7BrN4/c10-7-5-13-9(11)8(14-7)6-2-1-3-12-4-6/h1-5H,(H2,11,13). The first-order valence-electron chi connectivity index (χ1n) is 3.96. The van der Waals surface area contributed by atoms with E-state index in [4.69, 9.17) is 5.73 Å². The monoisotopic (exact) mass is 250 g/mol. The normalized spacial score (nSPS) is 10.1. The highest BCUT2D eigenvalue weighted by Crippen LogP contribution is 2.22. The van der Waals surface area contributed by atoms with Crippen molar-refractivity contribution in [3.8, 4) is 11.3 Å². The Morgan fingerprint density at radius 3 is 2.86 bits per heavy atom. The molecule has 2 heterocycles. The van der Waals surface area contributed by atoms with Crippen molar-refractivity contribution in [1.82, 2.24) is 15.0 Å². The van der Waals surface area contributed by atoms with E-state index in [1.165, 1.54) is 0 Å². The molecule has 0 atom stereocenters. The van der Waals surface area contributed by atoms with Crippen molar-refractivity contribution in [2.45, 2.75) is 0 Å². The summed E-state index contributed by atoms with van der Waals surface area (Å²) in [5.74, 6) is 0.404. The van der Waals surface area contributed by atoms with Gasteiger partial charge in [-0.1, -0.05) is 0 Å². The van der Waals surface area contributed by atoms with Crippen molar-refractivity contribution in [2.75, 3.05) is 5.73 Å². The van der Waals surface area contributed by atoms with E-state index in [2.05, 4.69) is 30.9 Å². The van der Waals surface area contributed by atoms with Crippen LogP contribution in [0.1, 0.15) is 0 Å². The van der Waals surface area contributed by atoms with Crippen molar-refractivity contribution in [3.63, 3.8) is 0 Å². The highest BCUT2D eigenvalue weighted by Gasteiger charge is 2.05. The SMILES string of the molecule is Nc1ncc(Br)nc1-c1cccnc1. The van der Waals surface area contributed by atoms with E-state index in [0.717, 1.165) is 5.56 Å². The summed E-state index contributed by atoms with van der Waals surface area (Å²) in [7, 11) is 0. The molecule has 14 heavy (non-hydrogen) atoms. The number of aromatic nitrogens is 3. The lowest BCUT2D eigenvalue weighted by molar-refractivity contribution is 1.17. The minimum atomic E-state index is 0.404. The summed E-state index contributed by atoms with van der Waals surface area (Å²) < 4.78 is 0.658. The molecular weight excluding hydrogens is 244 g/mol. The largest absolute Gasteiger partial charge is 0.382 e. The average Bonchev–Trinajstić information content (AvgIpc) is 2.23. The third-order valence-electron chi connectivity index (χ3n) is 1.71. The van der Waals surface area contributed by atoms with E-state index in [1.807, 2.05) is 12.1 Å². The first kappa shape index (κ1) is 9.08.